The number of allylic oxidation sites excluding steroid dienone is 10. The van der Waals surface area contributed by atoms with Crippen molar-refractivity contribution in [3.63, 3.8) is 0 Å². The van der Waals surface area contributed by atoms with E-state index in [1.165, 1.54) is 0 Å². The largest absolute Gasteiger partial charge is 0.394 e. The molecule has 0 saturated carbocycles. The molecule has 1 heterocycles. The summed E-state index contributed by atoms with van der Waals surface area (Å²) in [4.78, 5) is 12.1. The molecule has 2 unspecified atom stereocenters. The van der Waals surface area contributed by atoms with Gasteiger partial charge in [-0.3, -0.25) is 4.79 Å². The Morgan fingerprint density at radius 3 is 1.85 bits per heavy atom. The van der Waals surface area contributed by atoms with Crippen molar-refractivity contribution in [3.05, 3.63) is 60.8 Å². The molecule has 0 aromatic carbocycles. The highest BCUT2D eigenvalue weighted by Crippen LogP contribution is 2.20. The summed E-state index contributed by atoms with van der Waals surface area (Å²) in [7, 11) is 0. The number of hydrogen-bond acceptors (Lipinski definition) is 6. The summed E-state index contributed by atoms with van der Waals surface area (Å²) in [5, 5.41) is 41.3. The Labute approximate surface area is 197 Å². The van der Waals surface area contributed by atoms with Gasteiger partial charge in [0.25, 0.3) is 0 Å². The standard InChI is InChI=1S/C26H41NO6/c1-2-3-4-5-6-7-8-9-10-11-12-13-14-15-16-17-18-19-22(29)27-23-25(31)24(30)21(20-28)33-26(23)32/h3-4,6-7,9-10,12-13,15-16,21,23-26,28,30-32H,2,5,8,11,14,17-20H2,1H3,(H,27,29)/t21?,23?,24-,25-,26-/m1/s1. The minimum absolute atomic E-state index is 0.226. The first-order valence-electron chi connectivity index (χ1n) is 11.9. The van der Waals surface area contributed by atoms with Crippen LogP contribution in [-0.4, -0.2) is 63.6 Å². The molecular weight excluding hydrogens is 422 g/mol. The fraction of sp³-hybridized carbons (Fsp3) is 0.577. The van der Waals surface area contributed by atoms with Crippen LogP contribution in [0.2, 0.25) is 0 Å². The van der Waals surface area contributed by atoms with Crippen LogP contribution in [0.25, 0.3) is 0 Å². The van der Waals surface area contributed by atoms with Crippen LogP contribution in [0.4, 0.5) is 0 Å². The van der Waals surface area contributed by atoms with Gasteiger partial charge in [0.15, 0.2) is 6.29 Å². The average molecular weight is 464 g/mol. The third kappa shape index (κ3) is 12.7. The van der Waals surface area contributed by atoms with Gasteiger partial charge in [-0.25, -0.2) is 0 Å². The van der Waals surface area contributed by atoms with Crippen molar-refractivity contribution in [1.82, 2.24) is 5.32 Å². The highest BCUT2D eigenvalue weighted by atomic mass is 16.6. The average Bonchev–Trinajstić information content (AvgIpc) is 2.81. The maximum Gasteiger partial charge on any atom is 0.220 e. The van der Waals surface area contributed by atoms with Gasteiger partial charge in [0.1, 0.15) is 24.4 Å². The Morgan fingerprint density at radius 2 is 1.33 bits per heavy atom. The van der Waals surface area contributed by atoms with Gasteiger partial charge >= 0.3 is 0 Å². The number of hydrogen-bond donors (Lipinski definition) is 5. The molecule has 33 heavy (non-hydrogen) atoms. The van der Waals surface area contributed by atoms with Gasteiger partial charge < -0.3 is 30.5 Å². The van der Waals surface area contributed by atoms with Crippen LogP contribution >= 0.6 is 0 Å². The van der Waals surface area contributed by atoms with Crippen molar-refractivity contribution in [1.29, 1.82) is 0 Å². The Morgan fingerprint density at radius 1 is 0.818 bits per heavy atom. The van der Waals surface area contributed by atoms with E-state index in [0.29, 0.717) is 6.42 Å². The van der Waals surface area contributed by atoms with E-state index in [9.17, 15) is 20.1 Å². The molecular formula is C26H41NO6. The lowest BCUT2D eigenvalue weighted by Gasteiger charge is -2.40. The quantitative estimate of drug-likeness (QED) is 0.188. The van der Waals surface area contributed by atoms with Crippen molar-refractivity contribution in [2.75, 3.05) is 6.61 Å². The molecule has 1 fully saturated rings. The zero-order valence-corrected chi connectivity index (χ0v) is 19.6. The van der Waals surface area contributed by atoms with E-state index in [-0.39, 0.29) is 12.3 Å². The molecule has 1 amide bonds. The number of amides is 1. The molecule has 0 radical (unpaired) electrons. The minimum atomic E-state index is -1.49. The molecule has 1 saturated heterocycles. The summed E-state index contributed by atoms with van der Waals surface area (Å²) in [6, 6.07) is -1.14. The lowest BCUT2D eigenvalue weighted by molar-refractivity contribution is -0.253. The Bertz CT molecular complexity index is 670. The van der Waals surface area contributed by atoms with Gasteiger partial charge in [0, 0.05) is 6.42 Å². The van der Waals surface area contributed by atoms with Gasteiger partial charge in [-0.1, -0.05) is 67.7 Å². The van der Waals surface area contributed by atoms with Crippen LogP contribution in [-0.2, 0) is 9.53 Å². The third-order valence-corrected chi connectivity index (χ3v) is 5.16. The number of aliphatic hydroxyl groups excluding tert-OH is 4. The molecule has 0 bridgehead atoms. The molecule has 5 N–H and O–H groups in total. The van der Waals surface area contributed by atoms with Crippen LogP contribution in [0.1, 0.15) is 58.3 Å². The van der Waals surface area contributed by atoms with E-state index in [1.807, 2.05) is 6.08 Å². The molecule has 1 rings (SSSR count). The van der Waals surface area contributed by atoms with E-state index in [2.05, 4.69) is 66.9 Å². The van der Waals surface area contributed by atoms with Crippen LogP contribution in [0.3, 0.4) is 0 Å². The summed E-state index contributed by atoms with van der Waals surface area (Å²) in [6.07, 6.45) is 22.3. The lowest BCUT2D eigenvalue weighted by atomic mass is 9.97. The molecule has 0 spiro atoms. The monoisotopic (exact) mass is 463 g/mol. The van der Waals surface area contributed by atoms with Crippen LogP contribution in [0.5, 0.6) is 0 Å². The highest BCUT2D eigenvalue weighted by Gasteiger charge is 2.44. The summed E-state index contributed by atoms with van der Waals surface area (Å²) in [5.74, 6) is -0.344. The molecule has 1 aliphatic heterocycles. The molecule has 0 aromatic rings. The first kappa shape index (κ1) is 29.0. The fourth-order valence-electron chi connectivity index (χ4n) is 3.26. The van der Waals surface area contributed by atoms with E-state index in [1.54, 1.807) is 0 Å². The molecule has 0 aliphatic carbocycles. The normalized spacial score (nSPS) is 26.5. The van der Waals surface area contributed by atoms with Gasteiger partial charge in [0.2, 0.25) is 5.91 Å². The van der Waals surface area contributed by atoms with E-state index in [4.69, 9.17) is 9.84 Å². The zero-order chi connectivity index (χ0) is 24.3. The Kier molecular flexibility index (Phi) is 16.2. The lowest BCUT2D eigenvalue weighted by Crippen LogP contribution is -2.64. The summed E-state index contributed by atoms with van der Waals surface area (Å²) < 4.78 is 5.02. The summed E-state index contributed by atoms with van der Waals surface area (Å²) in [5.41, 5.74) is 0. The van der Waals surface area contributed by atoms with Gasteiger partial charge in [-0.05, 0) is 44.9 Å². The van der Waals surface area contributed by atoms with Crippen molar-refractivity contribution in [3.8, 4) is 0 Å². The van der Waals surface area contributed by atoms with Gasteiger partial charge in [-0.2, -0.15) is 0 Å². The van der Waals surface area contributed by atoms with Gasteiger partial charge in [-0.15, -0.1) is 0 Å². The smallest absolute Gasteiger partial charge is 0.220 e. The number of aliphatic hydroxyl groups is 4. The first-order valence-corrected chi connectivity index (χ1v) is 11.9. The molecule has 0 aromatic heterocycles. The number of carbonyl (C=O) groups is 1. The first-order chi connectivity index (χ1) is 16.0. The van der Waals surface area contributed by atoms with E-state index < -0.39 is 37.3 Å². The van der Waals surface area contributed by atoms with Crippen LogP contribution in [0.15, 0.2) is 60.8 Å². The number of unbranched alkanes of at least 4 members (excludes halogenated alkanes) is 1. The van der Waals surface area contributed by atoms with Crippen molar-refractivity contribution in [2.45, 2.75) is 88.9 Å². The maximum absolute atomic E-state index is 12.1. The van der Waals surface area contributed by atoms with E-state index >= 15 is 0 Å². The predicted molar refractivity (Wildman–Crippen MR) is 130 cm³/mol. The molecule has 7 heteroatoms. The zero-order valence-electron chi connectivity index (χ0n) is 19.6. The summed E-state index contributed by atoms with van der Waals surface area (Å²) in [6.45, 7) is 1.59. The number of carbonyl (C=O) groups excluding carboxylic acids is 1. The second-order valence-electron chi connectivity index (χ2n) is 7.92. The van der Waals surface area contributed by atoms with Crippen LogP contribution < -0.4 is 5.32 Å². The topological polar surface area (TPSA) is 119 Å². The second kappa shape index (κ2) is 18.4. The summed E-state index contributed by atoms with van der Waals surface area (Å²) >= 11 is 0. The predicted octanol–water partition coefficient (Wildman–Crippen LogP) is 2.82. The molecule has 186 valence electrons. The number of rotatable bonds is 15. The number of nitrogens with one attached hydrogen (secondary N) is 1. The highest BCUT2D eigenvalue weighted by molar-refractivity contribution is 5.76. The van der Waals surface area contributed by atoms with Crippen molar-refractivity contribution >= 4 is 5.91 Å². The Balaban J connectivity index is 2.10. The molecule has 7 nitrogen and oxygen atoms in total. The Hall–Kier alpha value is -2.03. The van der Waals surface area contributed by atoms with E-state index in [0.717, 1.165) is 38.5 Å². The number of ether oxygens (including phenoxy) is 1. The van der Waals surface area contributed by atoms with Crippen LogP contribution in [0, 0.1) is 0 Å². The maximum atomic E-state index is 12.1. The molecule has 5 atom stereocenters. The minimum Gasteiger partial charge on any atom is -0.394 e. The van der Waals surface area contributed by atoms with Gasteiger partial charge in [0.05, 0.1) is 6.61 Å². The second-order valence-corrected chi connectivity index (χ2v) is 7.92. The van der Waals surface area contributed by atoms with Crippen molar-refractivity contribution < 1.29 is 30.0 Å². The molecule has 1 aliphatic rings. The third-order valence-electron chi connectivity index (χ3n) is 5.16. The SMILES string of the molecule is CCC=CCC=CCC=CCC=CCC=CCCCC(=O)NC1[C@H](O)OC(CO)[C@@H](O)[C@@H]1O. The fourth-order valence-corrected chi connectivity index (χ4v) is 3.26. The van der Waals surface area contributed by atoms with Crippen molar-refractivity contribution in [2.24, 2.45) is 0 Å².